The van der Waals surface area contributed by atoms with Crippen LogP contribution in [0.3, 0.4) is 0 Å². The smallest absolute Gasteiger partial charge is 0.231 e. The molecule has 1 N–H and O–H groups in total. The monoisotopic (exact) mass is 292 g/mol. The second kappa shape index (κ2) is 6.80. The van der Waals surface area contributed by atoms with Crippen LogP contribution in [-0.2, 0) is 4.79 Å². The van der Waals surface area contributed by atoms with E-state index in [2.05, 4.69) is 10.2 Å². The zero-order valence-corrected chi connectivity index (χ0v) is 13.2. The minimum Gasteiger partial charge on any atom is -0.454 e. The van der Waals surface area contributed by atoms with Crippen LogP contribution in [0.2, 0.25) is 0 Å². The van der Waals surface area contributed by atoms with Crippen molar-refractivity contribution in [1.82, 2.24) is 10.2 Å². The summed E-state index contributed by atoms with van der Waals surface area (Å²) in [7, 11) is 4.01. The molecule has 1 amide bonds. The Morgan fingerprint density at radius 3 is 2.67 bits per heavy atom. The normalized spacial score (nSPS) is 14.6. The fourth-order valence-corrected chi connectivity index (χ4v) is 2.37. The minimum absolute atomic E-state index is 0.0950. The Labute approximate surface area is 126 Å². The molecular formula is C16H24N2O3. The molecule has 0 radical (unpaired) electrons. The first-order valence-electron chi connectivity index (χ1n) is 7.30. The Hall–Kier alpha value is -1.75. The van der Waals surface area contributed by atoms with E-state index in [1.54, 1.807) is 0 Å². The molecule has 1 atom stereocenters. The van der Waals surface area contributed by atoms with Gasteiger partial charge in [0.15, 0.2) is 11.5 Å². The van der Waals surface area contributed by atoms with E-state index in [-0.39, 0.29) is 18.7 Å². The van der Waals surface area contributed by atoms with Crippen molar-refractivity contribution in [2.75, 3.05) is 27.4 Å². The molecule has 0 bridgehead atoms. The predicted octanol–water partition coefficient (Wildman–Crippen LogP) is 2.18. The fourth-order valence-electron chi connectivity index (χ4n) is 2.37. The van der Waals surface area contributed by atoms with Gasteiger partial charge < -0.3 is 19.7 Å². The van der Waals surface area contributed by atoms with E-state index in [1.807, 2.05) is 46.1 Å². The molecule has 116 valence electrons. The molecule has 1 heterocycles. The average Bonchev–Trinajstić information content (AvgIpc) is 2.85. The van der Waals surface area contributed by atoms with Gasteiger partial charge in [-0.2, -0.15) is 0 Å². The first-order valence-corrected chi connectivity index (χ1v) is 7.30. The molecule has 2 rings (SSSR count). The van der Waals surface area contributed by atoms with Crippen LogP contribution in [0.4, 0.5) is 0 Å². The Morgan fingerprint density at radius 1 is 1.29 bits per heavy atom. The molecule has 0 aromatic heterocycles. The summed E-state index contributed by atoms with van der Waals surface area (Å²) in [6, 6.07) is 6.04. The van der Waals surface area contributed by atoms with Crippen LogP contribution in [-0.4, -0.2) is 38.2 Å². The third kappa shape index (κ3) is 4.11. The van der Waals surface area contributed by atoms with Crippen molar-refractivity contribution in [3.8, 4) is 11.5 Å². The summed E-state index contributed by atoms with van der Waals surface area (Å²) in [5.74, 6) is 2.01. The Balaban J connectivity index is 2.03. The van der Waals surface area contributed by atoms with Crippen molar-refractivity contribution in [2.45, 2.75) is 26.3 Å². The molecule has 5 nitrogen and oxygen atoms in total. The molecule has 5 heteroatoms. The van der Waals surface area contributed by atoms with Gasteiger partial charge in [-0.3, -0.25) is 4.79 Å². The quantitative estimate of drug-likeness (QED) is 0.873. The SMILES string of the molecule is CC(C)CC(=O)NC[C@H](c1ccc2c(c1)OCO2)N(C)C. The first kappa shape index (κ1) is 15.6. The zero-order valence-electron chi connectivity index (χ0n) is 13.2. The largest absolute Gasteiger partial charge is 0.454 e. The highest BCUT2D eigenvalue weighted by atomic mass is 16.7. The average molecular weight is 292 g/mol. The van der Waals surface area contributed by atoms with Crippen LogP contribution in [0, 0.1) is 5.92 Å². The van der Waals surface area contributed by atoms with Crippen LogP contribution in [0.5, 0.6) is 11.5 Å². The summed E-state index contributed by atoms with van der Waals surface area (Å²) >= 11 is 0. The number of nitrogens with one attached hydrogen (secondary N) is 1. The number of carbonyl (C=O) groups excluding carboxylic acids is 1. The van der Waals surface area contributed by atoms with Gasteiger partial charge in [0.25, 0.3) is 0 Å². The fraction of sp³-hybridized carbons (Fsp3) is 0.562. The van der Waals surface area contributed by atoms with E-state index < -0.39 is 0 Å². The number of nitrogens with zero attached hydrogens (tertiary/aromatic N) is 1. The number of rotatable bonds is 6. The molecule has 0 saturated heterocycles. The first-order chi connectivity index (χ1) is 9.97. The summed E-state index contributed by atoms with van der Waals surface area (Å²) in [6.07, 6.45) is 0.557. The van der Waals surface area contributed by atoms with E-state index in [1.165, 1.54) is 0 Å². The number of likely N-dealkylation sites (N-methyl/N-ethyl adjacent to an activating group) is 1. The maximum absolute atomic E-state index is 11.8. The van der Waals surface area contributed by atoms with Crippen LogP contribution in [0.15, 0.2) is 18.2 Å². The van der Waals surface area contributed by atoms with Crippen molar-refractivity contribution in [3.05, 3.63) is 23.8 Å². The molecule has 0 spiro atoms. The van der Waals surface area contributed by atoms with Gasteiger partial charge in [-0.15, -0.1) is 0 Å². The minimum atomic E-state index is 0.0950. The van der Waals surface area contributed by atoms with Crippen LogP contribution < -0.4 is 14.8 Å². The van der Waals surface area contributed by atoms with Crippen molar-refractivity contribution < 1.29 is 14.3 Å². The van der Waals surface area contributed by atoms with Crippen LogP contribution >= 0.6 is 0 Å². The lowest BCUT2D eigenvalue weighted by molar-refractivity contribution is -0.122. The van der Waals surface area contributed by atoms with Gasteiger partial charge >= 0.3 is 0 Å². The summed E-state index contributed by atoms with van der Waals surface area (Å²) in [5.41, 5.74) is 1.11. The number of ether oxygens (including phenoxy) is 2. The second-order valence-electron chi connectivity index (χ2n) is 5.99. The number of fused-ring (bicyclic) bond motifs is 1. The Bertz CT molecular complexity index is 500. The molecule has 1 aromatic rings. The summed E-state index contributed by atoms with van der Waals surface area (Å²) < 4.78 is 10.7. The van der Waals surface area contributed by atoms with E-state index in [9.17, 15) is 4.79 Å². The van der Waals surface area contributed by atoms with E-state index in [0.717, 1.165) is 17.1 Å². The predicted molar refractivity (Wildman–Crippen MR) is 81.5 cm³/mol. The van der Waals surface area contributed by atoms with E-state index in [4.69, 9.17) is 9.47 Å². The molecule has 0 saturated carbocycles. The molecule has 21 heavy (non-hydrogen) atoms. The number of hydrogen-bond acceptors (Lipinski definition) is 4. The van der Waals surface area contributed by atoms with Crippen LogP contribution in [0.25, 0.3) is 0 Å². The second-order valence-corrected chi connectivity index (χ2v) is 5.99. The Morgan fingerprint density at radius 2 is 2.00 bits per heavy atom. The van der Waals surface area contributed by atoms with E-state index in [0.29, 0.717) is 18.9 Å². The van der Waals surface area contributed by atoms with Gasteiger partial charge in [-0.05, 0) is 37.7 Å². The Kier molecular flexibility index (Phi) is 5.07. The van der Waals surface area contributed by atoms with E-state index >= 15 is 0 Å². The summed E-state index contributed by atoms with van der Waals surface area (Å²) in [6.45, 7) is 4.94. The standard InChI is InChI=1S/C16H24N2O3/c1-11(2)7-16(19)17-9-13(18(3)4)12-5-6-14-15(8-12)21-10-20-14/h5-6,8,11,13H,7,9-10H2,1-4H3,(H,17,19)/t13-/m1/s1. The third-order valence-corrected chi connectivity index (χ3v) is 3.49. The molecule has 0 fully saturated rings. The molecule has 1 aliphatic rings. The van der Waals surface area contributed by atoms with Gasteiger partial charge in [0.2, 0.25) is 12.7 Å². The lowest BCUT2D eigenvalue weighted by atomic mass is 10.0. The van der Waals surface area contributed by atoms with Crippen molar-refractivity contribution >= 4 is 5.91 Å². The summed E-state index contributed by atoms with van der Waals surface area (Å²) in [4.78, 5) is 13.9. The van der Waals surface area contributed by atoms with Gasteiger partial charge in [0.05, 0.1) is 6.04 Å². The number of hydrogen-bond donors (Lipinski definition) is 1. The van der Waals surface area contributed by atoms with Crippen molar-refractivity contribution in [1.29, 1.82) is 0 Å². The highest BCUT2D eigenvalue weighted by Crippen LogP contribution is 2.34. The third-order valence-electron chi connectivity index (χ3n) is 3.49. The highest BCUT2D eigenvalue weighted by molar-refractivity contribution is 5.76. The van der Waals surface area contributed by atoms with Gasteiger partial charge in [-0.25, -0.2) is 0 Å². The molecule has 0 aliphatic carbocycles. The number of amides is 1. The highest BCUT2D eigenvalue weighted by Gasteiger charge is 2.20. The lowest BCUT2D eigenvalue weighted by Gasteiger charge is -2.25. The molecule has 1 aliphatic heterocycles. The van der Waals surface area contributed by atoms with Crippen LogP contribution in [0.1, 0.15) is 31.9 Å². The zero-order chi connectivity index (χ0) is 15.4. The van der Waals surface area contributed by atoms with Gasteiger partial charge in [-0.1, -0.05) is 19.9 Å². The number of carbonyl (C=O) groups is 1. The maximum atomic E-state index is 11.8. The summed E-state index contributed by atoms with van der Waals surface area (Å²) in [5, 5.41) is 3.01. The lowest BCUT2D eigenvalue weighted by Crippen LogP contribution is -2.34. The molecule has 0 unspecified atom stereocenters. The van der Waals surface area contributed by atoms with Crippen molar-refractivity contribution in [3.63, 3.8) is 0 Å². The molecule has 1 aromatic carbocycles. The van der Waals surface area contributed by atoms with Gasteiger partial charge in [0.1, 0.15) is 0 Å². The van der Waals surface area contributed by atoms with Gasteiger partial charge in [0, 0.05) is 13.0 Å². The number of benzene rings is 1. The topological polar surface area (TPSA) is 50.8 Å². The molecular weight excluding hydrogens is 268 g/mol. The van der Waals surface area contributed by atoms with Crippen molar-refractivity contribution in [2.24, 2.45) is 5.92 Å². The maximum Gasteiger partial charge on any atom is 0.231 e.